The van der Waals surface area contributed by atoms with Crippen molar-refractivity contribution >= 4 is 40.7 Å². The number of aryl methyl sites for hydroxylation is 1. The van der Waals surface area contributed by atoms with Crippen molar-refractivity contribution in [3.8, 4) is 0 Å². The number of fused-ring (bicyclic) bond motifs is 1. The van der Waals surface area contributed by atoms with Gasteiger partial charge in [-0.2, -0.15) is 5.11 Å². The van der Waals surface area contributed by atoms with Gasteiger partial charge in [0, 0.05) is 5.69 Å². The fourth-order valence-electron chi connectivity index (χ4n) is 3.28. The van der Waals surface area contributed by atoms with Crippen molar-refractivity contribution in [2.75, 3.05) is 16.8 Å². The van der Waals surface area contributed by atoms with Gasteiger partial charge in [0.2, 0.25) is 5.91 Å². The summed E-state index contributed by atoms with van der Waals surface area (Å²) in [6, 6.07) is 8.71. The van der Waals surface area contributed by atoms with Crippen LogP contribution in [0, 0.1) is 12.7 Å². The molecule has 3 amide bonds. The summed E-state index contributed by atoms with van der Waals surface area (Å²) in [6.07, 6.45) is 0. The highest BCUT2D eigenvalue weighted by molar-refractivity contribution is 6.32. The standard InChI is InChI=1S/C19H15ClFN5O3/c1-10-4-2-3-5-14(10)22-15(27)9-25-17-16(23-24-25)18(28)26(19(17)29)11-6-7-13(21)12(20)8-11/h2-8,16-17H,9H2,1H3,(H,22,27). The number of nitrogens with one attached hydrogen (secondary N) is 1. The van der Waals surface area contributed by atoms with Gasteiger partial charge in [0.15, 0.2) is 12.1 Å². The number of hydrogen-bond donors (Lipinski definition) is 1. The summed E-state index contributed by atoms with van der Waals surface area (Å²) in [5.74, 6) is -2.27. The van der Waals surface area contributed by atoms with Gasteiger partial charge in [-0.05, 0) is 36.8 Å². The molecule has 0 bridgehead atoms. The maximum Gasteiger partial charge on any atom is 0.263 e. The SMILES string of the molecule is Cc1ccccc1NC(=O)CN1N=NC2C(=O)N(c3ccc(F)c(Cl)c3)C(=O)C21. The second-order valence-corrected chi connectivity index (χ2v) is 7.07. The van der Waals surface area contributed by atoms with Crippen molar-refractivity contribution in [2.24, 2.45) is 10.3 Å². The van der Waals surface area contributed by atoms with E-state index in [1.165, 1.54) is 17.1 Å². The third kappa shape index (κ3) is 3.33. The van der Waals surface area contributed by atoms with Gasteiger partial charge in [0.25, 0.3) is 11.8 Å². The highest BCUT2D eigenvalue weighted by Crippen LogP contribution is 2.33. The Labute approximate surface area is 169 Å². The lowest BCUT2D eigenvalue weighted by Crippen LogP contribution is -2.43. The monoisotopic (exact) mass is 415 g/mol. The molecule has 1 saturated heterocycles. The second kappa shape index (κ2) is 7.25. The number of carbonyl (C=O) groups excluding carboxylic acids is 3. The van der Waals surface area contributed by atoms with Crippen LogP contribution in [-0.4, -0.2) is 41.4 Å². The molecule has 0 aliphatic carbocycles. The molecule has 0 saturated carbocycles. The van der Waals surface area contributed by atoms with Gasteiger partial charge in [-0.1, -0.05) is 35.0 Å². The van der Waals surface area contributed by atoms with Gasteiger partial charge in [0.1, 0.15) is 12.4 Å². The largest absolute Gasteiger partial charge is 0.324 e. The number of anilines is 2. The Morgan fingerprint density at radius 3 is 2.69 bits per heavy atom. The minimum absolute atomic E-state index is 0.139. The van der Waals surface area contributed by atoms with E-state index in [1.54, 1.807) is 12.1 Å². The first-order valence-corrected chi connectivity index (χ1v) is 9.10. The number of nitrogens with zero attached hydrogens (tertiary/aromatic N) is 4. The van der Waals surface area contributed by atoms with Crippen LogP contribution in [0.1, 0.15) is 5.56 Å². The zero-order valence-electron chi connectivity index (χ0n) is 15.2. The molecule has 2 aromatic carbocycles. The zero-order valence-corrected chi connectivity index (χ0v) is 15.9. The normalized spacial score (nSPS) is 20.4. The summed E-state index contributed by atoms with van der Waals surface area (Å²) in [6.45, 7) is 1.60. The third-order valence-corrected chi connectivity index (χ3v) is 5.03. The lowest BCUT2D eigenvalue weighted by molar-refractivity contribution is -0.123. The van der Waals surface area contributed by atoms with E-state index in [2.05, 4.69) is 15.7 Å². The number of hydrogen-bond acceptors (Lipinski definition) is 6. The Balaban J connectivity index is 1.51. The molecule has 8 nitrogen and oxygen atoms in total. The summed E-state index contributed by atoms with van der Waals surface area (Å²) in [5, 5.41) is 11.4. The number of halogens is 2. The number of imide groups is 1. The number of para-hydroxylation sites is 1. The topological polar surface area (TPSA) is 94.4 Å². The molecule has 2 unspecified atom stereocenters. The highest BCUT2D eigenvalue weighted by Gasteiger charge is 2.55. The van der Waals surface area contributed by atoms with E-state index in [4.69, 9.17) is 11.6 Å². The summed E-state index contributed by atoms with van der Waals surface area (Å²) < 4.78 is 13.4. The van der Waals surface area contributed by atoms with Crippen molar-refractivity contribution in [2.45, 2.75) is 19.0 Å². The van der Waals surface area contributed by atoms with E-state index in [0.29, 0.717) is 5.69 Å². The lowest BCUT2D eigenvalue weighted by atomic mass is 10.1. The molecule has 2 aliphatic rings. The fourth-order valence-corrected chi connectivity index (χ4v) is 3.46. The van der Waals surface area contributed by atoms with Crippen LogP contribution in [-0.2, 0) is 14.4 Å². The van der Waals surface area contributed by atoms with Crippen LogP contribution in [0.2, 0.25) is 5.02 Å². The average Bonchev–Trinajstić information content (AvgIpc) is 3.20. The van der Waals surface area contributed by atoms with E-state index in [1.807, 2.05) is 19.1 Å². The third-order valence-electron chi connectivity index (χ3n) is 4.74. The fraction of sp³-hybridized carbons (Fsp3) is 0.211. The van der Waals surface area contributed by atoms with E-state index in [9.17, 15) is 18.8 Å². The maximum atomic E-state index is 13.4. The molecule has 1 fully saturated rings. The number of rotatable bonds is 4. The quantitative estimate of drug-likeness (QED) is 0.777. The maximum absolute atomic E-state index is 13.4. The molecule has 2 atom stereocenters. The molecule has 2 aromatic rings. The predicted octanol–water partition coefficient (Wildman–Crippen LogP) is 2.72. The van der Waals surface area contributed by atoms with Gasteiger partial charge in [0.05, 0.1) is 10.7 Å². The van der Waals surface area contributed by atoms with Crippen molar-refractivity contribution in [1.29, 1.82) is 0 Å². The predicted molar refractivity (Wildman–Crippen MR) is 103 cm³/mol. The molecule has 2 heterocycles. The lowest BCUT2D eigenvalue weighted by Gasteiger charge is -2.20. The first kappa shape index (κ1) is 19.0. The van der Waals surface area contributed by atoms with E-state index in [0.717, 1.165) is 16.5 Å². The minimum atomic E-state index is -1.06. The van der Waals surface area contributed by atoms with E-state index < -0.39 is 35.6 Å². The van der Waals surface area contributed by atoms with Gasteiger partial charge < -0.3 is 5.32 Å². The number of carbonyl (C=O) groups is 3. The molecule has 0 spiro atoms. The minimum Gasteiger partial charge on any atom is -0.324 e. The number of amides is 3. The van der Waals surface area contributed by atoms with Crippen LogP contribution in [0.4, 0.5) is 15.8 Å². The Morgan fingerprint density at radius 1 is 1.21 bits per heavy atom. The van der Waals surface area contributed by atoms with Crippen LogP contribution in [0.25, 0.3) is 0 Å². The first-order valence-electron chi connectivity index (χ1n) is 8.72. The summed E-state index contributed by atoms with van der Waals surface area (Å²) in [4.78, 5) is 38.8. The first-order chi connectivity index (χ1) is 13.9. The summed E-state index contributed by atoms with van der Waals surface area (Å²) >= 11 is 5.77. The van der Waals surface area contributed by atoms with Crippen LogP contribution >= 0.6 is 11.6 Å². The van der Waals surface area contributed by atoms with Gasteiger partial charge in [-0.3, -0.25) is 19.4 Å². The molecule has 0 aromatic heterocycles. The molecule has 148 valence electrons. The van der Waals surface area contributed by atoms with Crippen LogP contribution in [0.3, 0.4) is 0 Å². The zero-order chi connectivity index (χ0) is 20.7. The van der Waals surface area contributed by atoms with Crippen molar-refractivity contribution in [3.63, 3.8) is 0 Å². The molecule has 1 N–H and O–H groups in total. The van der Waals surface area contributed by atoms with Crippen LogP contribution in [0.15, 0.2) is 52.8 Å². The Kier molecular flexibility index (Phi) is 4.75. The summed E-state index contributed by atoms with van der Waals surface area (Å²) in [5.41, 5.74) is 1.66. The molecule has 10 heteroatoms. The van der Waals surface area contributed by atoms with Crippen LogP contribution in [0.5, 0.6) is 0 Å². The molecular weight excluding hydrogens is 401 g/mol. The smallest absolute Gasteiger partial charge is 0.263 e. The van der Waals surface area contributed by atoms with E-state index in [-0.39, 0.29) is 17.3 Å². The molecule has 29 heavy (non-hydrogen) atoms. The second-order valence-electron chi connectivity index (χ2n) is 6.67. The molecule has 0 radical (unpaired) electrons. The molecular formula is C19H15ClFN5O3. The van der Waals surface area contributed by atoms with Crippen molar-refractivity contribution in [3.05, 3.63) is 58.9 Å². The van der Waals surface area contributed by atoms with Crippen molar-refractivity contribution < 1.29 is 18.8 Å². The van der Waals surface area contributed by atoms with Crippen molar-refractivity contribution in [1.82, 2.24) is 5.01 Å². The average molecular weight is 416 g/mol. The Bertz CT molecular complexity index is 1060. The Hall–Kier alpha value is -3.33. The molecule has 4 rings (SSSR count). The summed E-state index contributed by atoms with van der Waals surface area (Å²) in [7, 11) is 0. The Morgan fingerprint density at radius 2 is 1.97 bits per heavy atom. The van der Waals surface area contributed by atoms with E-state index >= 15 is 0 Å². The highest BCUT2D eigenvalue weighted by atomic mass is 35.5. The number of benzene rings is 2. The van der Waals surface area contributed by atoms with Gasteiger partial charge >= 0.3 is 0 Å². The molecule has 2 aliphatic heterocycles. The van der Waals surface area contributed by atoms with Gasteiger partial charge in [-0.15, -0.1) is 0 Å². The van der Waals surface area contributed by atoms with Gasteiger partial charge in [-0.25, -0.2) is 9.29 Å². The van der Waals surface area contributed by atoms with Crippen LogP contribution < -0.4 is 10.2 Å².